The molecule has 0 unspecified atom stereocenters. The van der Waals surface area contributed by atoms with Crippen molar-refractivity contribution in [3.8, 4) is 28.9 Å². The first kappa shape index (κ1) is 25.2. The number of imidazole rings is 1. The molecule has 0 aliphatic heterocycles. The Hall–Kier alpha value is -5.82. The van der Waals surface area contributed by atoms with Gasteiger partial charge >= 0.3 is 0 Å². The average molecular weight is 553 g/mol. The van der Waals surface area contributed by atoms with Gasteiger partial charge in [-0.1, -0.05) is 6.07 Å². The second-order valence-electron chi connectivity index (χ2n) is 9.97. The standard InChI is InChI=1S/C32H24N8O2/c1-19-4-5-21(18-36-19)32(41)39-26-11-6-20-17-23(9-10-24(20)26)40-30(25-3-2-14-35-29(25)33)38-27-12-7-22(37-31(27)40)8-13-28-34-15-16-42-28/h2-5,7,9-10,12,14-18,26H,6,11H2,1H3,(H2,33,35)(H,39,41)/t26-/m0/s1. The minimum absolute atomic E-state index is 0.0916. The van der Waals surface area contributed by atoms with E-state index in [2.05, 4.69) is 44.2 Å². The molecule has 10 nitrogen and oxygen atoms in total. The molecule has 1 amide bonds. The predicted molar refractivity (Wildman–Crippen MR) is 156 cm³/mol. The Bertz CT molecular complexity index is 2020. The molecule has 10 heteroatoms. The number of nitrogens with two attached hydrogens (primary N) is 1. The highest BCUT2D eigenvalue weighted by atomic mass is 16.3. The maximum atomic E-state index is 12.9. The zero-order valence-electron chi connectivity index (χ0n) is 22.6. The predicted octanol–water partition coefficient (Wildman–Crippen LogP) is 4.57. The van der Waals surface area contributed by atoms with E-state index in [0.717, 1.165) is 35.3 Å². The van der Waals surface area contributed by atoms with E-state index in [4.69, 9.17) is 20.1 Å². The Labute approximate surface area is 240 Å². The second kappa shape index (κ2) is 10.3. The van der Waals surface area contributed by atoms with E-state index < -0.39 is 0 Å². The minimum atomic E-state index is -0.137. The van der Waals surface area contributed by atoms with Gasteiger partial charge in [-0.05, 0) is 91.3 Å². The zero-order valence-corrected chi connectivity index (χ0v) is 22.6. The minimum Gasteiger partial charge on any atom is -0.439 e. The van der Waals surface area contributed by atoms with Gasteiger partial charge in [0.2, 0.25) is 0 Å². The number of aryl methyl sites for hydroxylation is 2. The number of aromatic nitrogens is 6. The van der Waals surface area contributed by atoms with Gasteiger partial charge in [-0.2, -0.15) is 0 Å². The lowest BCUT2D eigenvalue weighted by molar-refractivity contribution is 0.0936. The van der Waals surface area contributed by atoms with Crippen LogP contribution in [0.5, 0.6) is 0 Å². The molecule has 1 atom stereocenters. The first-order valence-corrected chi connectivity index (χ1v) is 13.4. The number of carbonyl (C=O) groups excluding carboxylic acids is 1. The van der Waals surface area contributed by atoms with Gasteiger partial charge in [-0.3, -0.25) is 14.3 Å². The molecule has 0 radical (unpaired) electrons. The van der Waals surface area contributed by atoms with Crippen molar-refractivity contribution in [1.29, 1.82) is 0 Å². The molecule has 0 spiro atoms. The summed E-state index contributed by atoms with van der Waals surface area (Å²) in [6, 6.07) is 17.2. The first-order chi connectivity index (χ1) is 20.5. The topological polar surface area (TPSA) is 138 Å². The van der Waals surface area contributed by atoms with E-state index in [-0.39, 0.29) is 11.9 Å². The zero-order chi connectivity index (χ0) is 28.6. The van der Waals surface area contributed by atoms with Gasteiger partial charge in [0.1, 0.15) is 23.3 Å². The number of benzene rings is 1. The molecule has 0 saturated heterocycles. The number of amides is 1. The molecule has 204 valence electrons. The largest absolute Gasteiger partial charge is 0.439 e. The van der Waals surface area contributed by atoms with Gasteiger partial charge in [0.05, 0.1) is 23.4 Å². The SMILES string of the molecule is Cc1ccc(C(=O)N[C@H]2CCc3cc(-n4c(-c5cccnc5N)nc5ccc(C#Cc6ncco6)nc54)ccc32)cn1. The van der Waals surface area contributed by atoms with Crippen LogP contribution in [0.25, 0.3) is 28.2 Å². The number of nitrogens with zero attached hydrogens (tertiary/aromatic N) is 6. The molecule has 1 aliphatic carbocycles. The number of rotatable bonds is 4. The fourth-order valence-corrected chi connectivity index (χ4v) is 5.20. The molecule has 1 aromatic carbocycles. The molecule has 7 rings (SSSR count). The maximum absolute atomic E-state index is 12.9. The van der Waals surface area contributed by atoms with Crippen LogP contribution in [0.3, 0.4) is 0 Å². The number of nitrogens with one attached hydrogen (secondary N) is 1. The lowest BCUT2D eigenvalue weighted by Crippen LogP contribution is -2.27. The second-order valence-corrected chi connectivity index (χ2v) is 9.97. The fourth-order valence-electron chi connectivity index (χ4n) is 5.20. The summed E-state index contributed by atoms with van der Waals surface area (Å²) in [7, 11) is 0. The third-order valence-electron chi connectivity index (χ3n) is 7.26. The maximum Gasteiger partial charge on any atom is 0.273 e. The lowest BCUT2D eigenvalue weighted by Gasteiger charge is -2.16. The number of hydrogen-bond acceptors (Lipinski definition) is 8. The highest BCUT2D eigenvalue weighted by Gasteiger charge is 2.26. The number of pyridine rings is 3. The summed E-state index contributed by atoms with van der Waals surface area (Å²) in [5.41, 5.74) is 13.4. The van der Waals surface area contributed by atoms with Gasteiger partial charge in [-0.25, -0.2) is 19.9 Å². The number of nitrogen functional groups attached to an aromatic ring is 1. The summed E-state index contributed by atoms with van der Waals surface area (Å²) >= 11 is 0. The van der Waals surface area contributed by atoms with Crippen molar-refractivity contribution in [2.45, 2.75) is 25.8 Å². The molecule has 5 heterocycles. The van der Waals surface area contributed by atoms with Crippen LogP contribution in [0.2, 0.25) is 0 Å². The third kappa shape index (κ3) is 4.63. The number of hydrogen-bond donors (Lipinski definition) is 2. The molecule has 0 fully saturated rings. The molecule has 0 saturated carbocycles. The van der Waals surface area contributed by atoms with Crippen molar-refractivity contribution in [3.05, 3.63) is 113 Å². The Morgan fingerprint density at radius 3 is 2.79 bits per heavy atom. The number of carbonyl (C=O) groups is 1. The van der Waals surface area contributed by atoms with Crippen LogP contribution in [0.1, 0.15) is 51.2 Å². The van der Waals surface area contributed by atoms with E-state index in [1.807, 2.05) is 47.9 Å². The molecule has 3 N–H and O–H groups in total. The third-order valence-corrected chi connectivity index (χ3v) is 7.26. The monoisotopic (exact) mass is 552 g/mol. The number of oxazole rings is 1. The van der Waals surface area contributed by atoms with Crippen LogP contribution in [0.4, 0.5) is 5.82 Å². The number of fused-ring (bicyclic) bond motifs is 2. The van der Waals surface area contributed by atoms with Crippen LogP contribution in [-0.2, 0) is 6.42 Å². The Morgan fingerprint density at radius 2 is 1.98 bits per heavy atom. The van der Waals surface area contributed by atoms with Crippen LogP contribution >= 0.6 is 0 Å². The molecular formula is C32H24N8O2. The normalized spacial score (nSPS) is 13.9. The van der Waals surface area contributed by atoms with Crippen molar-refractivity contribution in [2.75, 3.05) is 5.73 Å². The summed E-state index contributed by atoms with van der Waals surface area (Å²) in [5, 5.41) is 3.17. The van der Waals surface area contributed by atoms with E-state index in [1.54, 1.807) is 24.7 Å². The van der Waals surface area contributed by atoms with E-state index in [9.17, 15) is 4.79 Å². The van der Waals surface area contributed by atoms with Crippen molar-refractivity contribution >= 4 is 22.9 Å². The lowest BCUT2D eigenvalue weighted by atomic mass is 10.1. The van der Waals surface area contributed by atoms with E-state index in [0.29, 0.717) is 45.5 Å². The van der Waals surface area contributed by atoms with Gasteiger partial charge in [0.25, 0.3) is 11.8 Å². The van der Waals surface area contributed by atoms with Gasteiger partial charge < -0.3 is 15.5 Å². The van der Waals surface area contributed by atoms with Gasteiger partial charge in [0, 0.05) is 23.8 Å². The van der Waals surface area contributed by atoms with Crippen molar-refractivity contribution in [1.82, 2.24) is 34.8 Å². The van der Waals surface area contributed by atoms with Gasteiger partial charge in [-0.15, -0.1) is 0 Å². The first-order valence-electron chi connectivity index (χ1n) is 13.4. The molecule has 1 aliphatic rings. The molecule has 6 aromatic rings. The highest BCUT2D eigenvalue weighted by molar-refractivity contribution is 5.94. The smallest absolute Gasteiger partial charge is 0.273 e. The summed E-state index contributed by atoms with van der Waals surface area (Å²) in [6.07, 6.45) is 7.90. The molecule has 0 bridgehead atoms. The van der Waals surface area contributed by atoms with E-state index >= 15 is 0 Å². The van der Waals surface area contributed by atoms with Crippen molar-refractivity contribution < 1.29 is 9.21 Å². The summed E-state index contributed by atoms with van der Waals surface area (Å²) < 4.78 is 7.21. The molecule has 5 aromatic heterocycles. The Balaban J connectivity index is 1.29. The summed E-state index contributed by atoms with van der Waals surface area (Å²) in [6.45, 7) is 1.90. The van der Waals surface area contributed by atoms with Crippen LogP contribution < -0.4 is 11.1 Å². The average Bonchev–Trinajstić information content (AvgIpc) is 3.75. The fraction of sp³-hybridized carbons (Fsp3) is 0.125. The Morgan fingerprint density at radius 1 is 1.05 bits per heavy atom. The summed E-state index contributed by atoms with van der Waals surface area (Å²) in [4.78, 5) is 35.2. The molecule has 42 heavy (non-hydrogen) atoms. The highest BCUT2D eigenvalue weighted by Crippen LogP contribution is 2.36. The van der Waals surface area contributed by atoms with Crippen molar-refractivity contribution in [3.63, 3.8) is 0 Å². The summed E-state index contributed by atoms with van der Waals surface area (Å²) in [5.74, 6) is 7.08. The van der Waals surface area contributed by atoms with Crippen LogP contribution in [-0.4, -0.2) is 35.4 Å². The van der Waals surface area contributed by atoms with Crippen LogP contribution in [0, 0.1) is 18.8 Å². The Kier molecular flexibility index (Phi) is 6.17. The van der Waals surface area contributed by atoms with Crippen LogP contribution in [0.15, 0.2) is 83.9 Å². The number of anilines is 1. The van der Waals surface area contributed by atoms with E-state index in [1.165, 1.54) is 6.26 Å². The quantitative estimate of drug-likeness (QED) is 0.303. The molecular weight excluding hydrogens is 528 g/mol. The van der Waals surface area contributed by atoms with Gasteiger partial charge in [0.15, 0.2) is 11.5 Å². The van der Waals surface area contributed by atoms with Crippen molar-refractivity contribution in [2.24, 2.45) is 0 Å².